The molecule has 13 heavy (non-hydrogen) atoms. The van der Waals surface area contributed by atoms with Gasteiger partial charge in [0.1, 0.15) is 0 Å². The van der Waals surface area contributed by atoms with E-state index in [0.29, 0.717) is 0 Å². The van der Waals surface area contributed by atoms with Crippen LogP contribution >= 0.6 is 0 Å². The van der Waals surface area contributed by atoms with E-state index in [1.54, 1.807) is 18.6 Å². The Labute approximate surface area is 75.3 Å². The third-order valence-electron chi connectivity index (χ3n) is 1.91. The second-order valence-corrected chi connectivity index (χ2v) is 2.66. The molecule has 0 fully saturated rings. The van der Waals surface area contributed by atoms with E-state index >= 15 is 0 Å². The Morgan fingerprint density at radius 2 is 2.38 bits per heavy atom. The summed E-state index contributed by atoms with van der Waals surface area (Å²) in [6.45, 7) is 3.43. The molecule has 0 aliphatic heterocycles. The third-order valence-corrected chi connectivity index (χ3v) is 1.91. The minimum absolute atomic E-state index is 0.136. The van der Waals surface area contributed by atoms with Crippen LogP contribution in [0.2, 0.25) is 0 Å². The molecule has 2 rings (SSSR count). The van der Waals surface area contributed by atoms with Crippen LogP contribution in [0.15, 0.2) is 43.4 Å². The molecule has 0 unspecified atom stereocenters. The van der Waals surface area contributed by atoms with Crippen molar-refractivity contribution < 1.29 is 4.79 Å². The number of aromatic nitrogens is 2. The fourth-order valence-corrected chi connectivity index (χ4v) is 1.26. The smallest absolute Gasteiger partial charge is 0.254 e. The first-order chi connectivity index (χ1) is 6.33. The number of pyridine rings is 1. The van der Waals surface area contributed by atoms with Crippen molar-refractivity contribution in [1.82, 2.24) is 9.55 Å². The minimum atomic E-state index is -0.136. The zero-order chi connectivity index (χ0) is 9.26. The molecule has 3 nitrogen and oxygen atoms in total. The average Bonchev–Trinajstić information content (AvgIpc) is 2.60. The maximum absolute atomic E-state index is 11.3. The van der Waals surface area contributed by atoms with Crippen LogP contribution in [0.4, 0.5) is 0 Å². The van der Waals surface area contributed by atoms with Crippen molar-refractivity contribution in [2.75, 3.05) is 0 Å². The summed E-state index contributed by atoms with van der Waals surface area (Å²) in [4.78, 5) is 15.3. The summed E-state index contributed by atoms with van der Waals surface area (Å²) < 4.78 is 1.52. The number of allylic oxidation sites excluding steroid dienone is 1. The first kappa shape index (κ1) is 7.73. The lowest BCUT2D eigenvalue weighted by Crippen LogP contribution is -2.04. The van der Waals surface area contributed by atoms with Gasteiger partial charge < -0.3 is 0 Å². The SMILES string of the molecule is C=CC(=O)n1ccc2ccncc21. The van der Waals surface area contributed by atoms with Crippen molar-refractivity contribution >= 4 is 16.8 Å². The lowest BCUT2D eigenvalue weighted by molar-refractivity contribution is 0.0974. The molecule has 0 N–H and O–H groups in total. The summed E-state index contributed by atoms with van der Waals surface area (Å²) in [6, 6.07) is 3.74. The molecule has 3 heteroatoms. The highest BCUT2D eigenvalue weighted by Gasteiger charge is 2.03. The highest BCUT2D eigenvalue weighted by atomic mass is 16.1. The molecular weight excluding hydrogens is 164 g/mol. The molecule has 0 atom stereocenters. The first-order valence-corrected chi connectivity index (χ1v) is 3.91. The van der Waals surface area contributed by atoms with Gasteiger partial charge in [0.15, 0.2) is 0 Å². The molecule has 0 spiro atoms. The van der Waals surface area contributed by atoms with Crippen LogP contribution in [-0.4, -0.2) is 15.5 Å². The Hall–Kier alpha value is -1.90. The van der Waals surface area contributed by atoms with Crippen molar-refractivity contribution in [1.29, 1.82) is 0 Å². The van der Waals surface area contributed by atoms with Gasteiger partial charge in [-0.05, 0) is 18.2 Å². The molecule has 0 aliphatic rings. The first-order valence-electron chi connectivity index (χ1n) is 3.91. The van der Waals surface area contributed by atoms with Gasteiger partial charge in [-0.15, -0.1) is 0 Å². The highest BCUT2D eigenvalue weighted by molar-refractivity contribution is 5.97. The maximum Gasteiger partial charge on any atom is 0.254 e. The van der Waals surface area contributed by atoms with E-state index in [-0.39, 0.29) is 5.91 Å². The van der Waals surface area contributed by atoms with Crippen LogP contribution in [0.5, 0.6) is 0 Å². The van der Waals surface area contributed by atoms with Crippen LogP contribution in [0, 0.1) is 0 Å². The lowest BCUT2D eigenvalue weighted by atomic mass is 10.3. The summed E-state index contributed by atoms with van der Waals surface area (Å²) in [6.07, 6.45) is 6.37. The van der Waals surface area contributed by atoms with E-state index in [2.05, 4.69) is 11.6 Å². The molecule has 0 saturated carbocycles. The van der Waals surface area contributed by atoms with E-state index < -0.39 is 0 Å². The number of hydrogen-bond acceptors (Lipinski definition) is 2. The van der Waals surface area contributed by atoms with Crippen LogP contribution in [0.1, 0.15) is 4.79 Å². The monoisotopic (exact) mass is 172 g/mol. The molecule has 0 saturated heterocycles. The van der Waals surface area contributed by atoms with Gasteiger partial charge in [-0.1, -0.05) is 6.58 Å². The van der Waals surface area contributed by atoms with E-state index in [4.69, 9.17) is 0 Å². The molecule has 64 valence electrons. The van der Waals surface area contributed by atoms with Crippen molar-refractivity contribution in [2.45, 2.75) is 0 Å². The molecular formula is C10H8N2O. The number of carbonyl (C=O) groups is 1. The minimum Gasteiger partial charge on any atom is -0.282 e. The van der Waals surface area contributed by atoms with Crippen molar-refractivity contribution in [3.63, 3.8) is 0 Å². The average molecular weight is 172 g/mol. The topological polar surface area (TPSA) is 34.9 Å². The Kier molecular flexibility index (Phi) is 1.70. The molecule has 2 heterocycles. The summed E-state index contributed by atoms with van der Waals surface area (Å²) in [5, 5.41) is 1.00. The van der Waals surface area contributed by atoms with Gasteiger partial charge in [-0.3, -0.25) is 14.3 Å². The number of nitrogens with zero attached hydrogens (tertiary/aromatic N) is 2. The van der Waals surface area contributed by atoms with E-state index in [1.807, 2.05) is 12.1 Å². The van der Waals surface area contributed by atoms with Crippen LogP contribution in [0.25, 0.3) is 10.9 Å². The van der Waals surface area contributed by atoms with Gasteiger partial charge in [0, 0.05) is 17.8 Å². The molecule has 0 radical (unpaired) electrons. The third kappa shape index (κ3) is 1.14. The number of rotatable bonds is 1. The maximum atomic E-state index is 11.3. The Bertz CT molecular complexity index is 470. The summed E-state index contributed by atoms with van der Waals surface area (Å²) in [5.41, 5.74) is 0.812. The van der Waals surface area contributed by atoms with E-state index in [0.717, 1.165) is 10.9 Å². The van der Waals surface area contributed by atoms with Gasteiger partial charge in [0.2, 0.25) is 0 Å². The zero-order valence-electron chi connectivity index (χ0n) is 6.97. The van der Waals surface area contributed by atoms with Crippen LogP contribution in [-0.2, 0) is 0 Å². The van der Waals surface area contributed by atoms with E-state index in [1.165, 1.54) is 10.6 Å². The second kappa shape index (κ2) is 2.86. The predicted molar refractivity (Wildman–Crippen MR) is 50.6 cm³/mol. The van der Waals surface area contributed by atoms with Gasteiger partial charge in [0.25, 0.3) is 5.91 Å². The fraction of sp³-hybridized carbons (Fsp3) is 0. The largest absolute Gasteiger partial charge is 0.282 e. The van der Waals surface area contributed by atoms with E-state index in [9.17, 15) is 4.79 Å². The number of fused-ring (bicyclic) bond motifs is 1. The number of hydrogen-bond donors (Lipinski definition) is 0. The van der Waals surface area contributed by atoms with Crippen molar-refractivity contribution in [2.24, 2.45) is 0 Å². The number of carbonyl (C=O) groups excluding carboxylic acids is 1. The van der Waals surface area contributed by atoms with Gasteiger partial charge in [0.05, 0.1) is 11.7 Å². The van der Waals surface area contributed by atoms with Crippen LogP contribution in [0.3, 0.4) is 0 Å². The van der Waals surface area contributed by atoms with Gasteiger partial charge >= 0.3 is 0 Å². The normalized spacial score (nSPS) is 10.2. The molecule has 0 amide bonds. The molecule has 2 aromatic heterocycles. The van der Waals surface area contributed by atoms with Crippen molar-refractivity contribution in [3.05, 3.63) is 43.4 Å². The summed E-state index contributed by atoms with van der Waals surface area (Å²) >= 11 is 0. The lowest BCUT2D eigenvalue weighted by Gasteiger charge is -1.97. The molecule has 2 aromatic rings. The summed E-state index contributed by atoms with van der Waals surface area (Å²) in [5.74, 6) is -0.136. The molecule has 0 aliphatic carbocycles. The Morgan fingerprint density at radius 1 is 1.54 bits per heavy atom. The van der Waals surface area contributed by atoms with Crippen LogP contribution < -0.4 is 0 Å². The Morgan fingerprint density at radius 3 is 3.15 bits per heavy atom. The zero-order valence-corrected chi connectivity index (χ0v) is 6.97. The highest BCUT2D eigenvalue weighted by Crippen LogP contribution is 2.13. The molecule has 0 aromatic carbocycles. The second-order valence-electron chi connectivity index (χ2n) is 2.66. The van der Waals surface area contributed by atoms with Gasteiger partial charge in [-0.2, -0.15) is 0 Å². The summed E-state index contributed by atoms with van der Waals surface area (Å²) in [7, 11) is 0. The quantitative estimate of drug-likeness (QED) is 0.615. The van der Waals surface area contributed by atoms with Crippen molar-refractivity contribution in [3.8, 4) is 0 Å². The Balaban J connectivity index is 2.71. The predicted octanol–water partition coefficient (Wildman–Crippen LogP) is 1.86. The molecule has 0 bridgehead atoms. The fourth-order valence-electron chi connectivity index (χ4n) is 1.26. The van der Waals surface area contributed by atoms with Gasteiger partial charge in [-0.25, -0.2) is 0 Å². The standard InChI is InChI=1S/C10H8N2O/c1-2-10(13)12-6-4-8-3-5-11-7-9(8)12/h2-7H,1H2.